The molecule has 0 aromatic carbocycles. The van der Waals surface area contributed by atoms with Gasteiger partial charge in [-0.2, -0.15) is 0 Å². The number of carbonyl (C=O) groups is 1. The van der Waals surface area contributed by atoms with E-state index in [-0.39, 0.29) is 11.6 Å². The smallest absolute Gasteiger partial charge is 0.165 e. The monoisotopic (exact) mass is 231 g/mol. The SMILES string of the molecule is C[C@@H](NI)C(=O)P. The van der Waals surface area contributed by atoms with Gasteiger partial charge in [0.2, 0.25) is 0 Å². The zero-order valence-electron chi connectivity index (χ0n) is 3.94. The molecule has 7 heavy (non-hydrogen) atoms. The Hall–Kier alpha value is 0.790. The summed E-state index contributed by atoms with van der Waals surface area (Å²) in [5, 5.41) is 0. The third-order valence-electron chi connectivity index (χ3n) is 0.590. The van der Waals surface area contributed by atoms with Crippen LogP contribution < -0.4 is 3.53 Å². The van der Waals surface area contributed by atoms with Crippen molar-refractivity contribution in [3.8, 4) is 0 Å². The molecule has 1 unspecified atom stereocenters. The van der Waals surface area contributed by atoms with Gasteiger partial charge in [-0.05, 0) is 6.92 Å². The van der Waals surface area contributed by atoms with E-state index in [0.29, 0.717) is 0 Å². The van der Waals surface area contributed by atoms with Crippen LogP contribution in [0.25, 0.3) is 0 Å². The van der Waals surface area contributed by atoms with Gasteiger partial charge in [0.15, 0.2) is 5.52 Å². The van der Waals surface area contributed by atoms with Crippen LogP contribution in [-0.4, -0.2) is 11.6 Å². The van der Waals surface area contributed by atoms with E-state index in [1.165, 1.54) is 0 Å². The summed E-state index contributed by atoms with van der Waals surface area (Å²) in [4.78, 5) is 10.3. The van der Waals surface area contributed by atoms with Crippen LogP contribution in [0.2, 0.25) is 0 Å². The molecule has 4 heteroatoms. The standard InChI is InChI=1S/C3H7INOP/c1-2(5-4)3(6)7/h2,5H,7H2,1H3/t2-/m1/s1. The van der Waals surface area contributed by atoms with Crippen LogP contribution in [-0.2, 0) is 4.79 Å². The van der Waals surface area contributed by atoms with E-state index in [0.717, 1.165) is 0 Å². The second-order valence-corrected chi connectivity index (χ2v) is 2.43. The van der Waals surface area contributed by atoms with Gasteiger partial charge in [-0.3, -0.25) is 8.32 Å². The van der Waals surface area contributed by atoms with Gasteiger partial charge in [-0.1, -0.05) is 9.24 Å². The van der Waals surface area contributed by atoms with Crippen molar-refractivity contribution in [1.82, 2.24) is 3.53 Å². The lowest BCUT2D eigenvalue weighted by Crippen LogP contribution is -2.21. The van der Waals surface area contributed by atoms with Crippen molar-refractivity contribution < 1.29 is 4.79 Å². The molecule has 2 atom stereocenters. The molecular formula is C3H7INOP. The summed E-state index contributed by atoms with van der Waals surface area (Å²) < 4.78 is 2.76. The average molecular weight is 231 g/mol. The Morgan fingerprint density at radius 2 is 2.43 bits per heavy atom. The maximum Gasteiger partial charge on any atom is 0.165 e. The molecule has 0 bridgehead atoms. The lowest BCUT2D eigenvalue weighted by molar-refractivity contribution is -0.112. The Balaban J connectivity index is 3.34. The minimum Gasteiger partial charge on any atom is -0.293 e. The molecule has 0 saturated carbocycles. The van der Waals surface area contributed by atoms with Gasteiger partial charge < -0.3 is 0 Å². The highest BCUT2D eigenvalue weighted by molar-refractivity contribution is 14.1. The van der Waals surface area contributed by atoms with Crippen molar-refractivity contribution in [2.24, 2.45) is 0 Å². The first-order chi connectivity index (χ1) is 3.18. The third-order valence-corrected chi connectivity index (χ3v) is 2.02. The molecule has 0 aliphatic heterocycles. The van der Waals surface area contributed by atoms with E-state index in [4.69, 9.17) is 0 Å². The van der Waals surface area contributed by atoms with Crippen LogP contribution in [0.3, 0.4) is 0 Å². The first kappa shape index (κ1) is 7.79. The van der Waals surface area contributed by atoms with Crippen LogP contribution >= 0.6 is 32.1 Å². The van der Waals surface area contributed by atoms with Crippen molar-refractivity contribution in [3.63, 3.8) is 0 Å². The number of hydrogen-bond acceptors (Lipinski definition) is 2. The maximum absolute atomic E-state index is 10.3. The molecule has 0 radical (unpaired) electrons. The topological polar surface area (TPSA) is 29.1 Å². The van der Waals surface area contributed by atoms with E-state index >= 15 is 0 Å². The molecule has 2 nitrogen and oxygen atoms in total. The fraction of sp³-hybridized carbons (Fsp3) is 0.667. The molecule has 1 N–H and O–H groups in total. The molecule has 0 aliphatic carbocycles. The minimum atomic E-state index is -0.0365. The highest BCUT2D eigenvalue weighted by atomic mass is 127. The fourth-order valence-electron chi connectivity index (χ4n) is 0.0538. The molecule has 0 spiro atoms. The largest absolute Gasteiger partial charge is 0.293 e. The first-order valence-electron chi connectivity index (χ1n) is 1.84. The molecule has 0 rings (SSSR count). The highest BCUT2D eigenvalue weighted by Gasteiger charge is 2.01. The van der Waals surface area contributed by atoms with Gasteiger partial charge >= 0.3 is 0 Å². The summed E-state index contributed by atoms with van der Waals surface area (Å²) in [5.41, 5.74) is 0.0920. The summed E-state index contributed by atoms with van der Waals surface area (Å²) >= 11 is 1.94. The average Bonchev–Trinajstić information content (AvgIpc) is 1.65. The lowest BCUT2D eigenvalue weighted by atomic mass is 10.4. The van der Waals surface area contributed by atoms with E-state index in [1.54, 1.807) is 0 Å². The summed E-state index contributed by atoms with van der Waals surface area (Å²) in [6, 6.07) is -0.0365. The van der Waals surface area contributed by atoms with Gasteiger partial charge in [0, 0.05) is 22.9 Å². The second-order valence-electron chi connectivity index (χ2n) is 1.23. The molecule has 42 valence electrons. The number of rotatable bonds is 2. The zero-order chi connectivity index (χ0) is 5.86. The van der Waals surface area contributed by atoms with Gasteiger partial charge in [0.25, 0.3) is 0 Å². The molecule has 0 aromatic heterocycles. The lowest BCUT2D eigenvalue weighted by Gasteiger charge is -1.99. The first-order valence-corrected chi connectivity index (χ1v) is 3.49. The van der Waals surface area contributed by atoms with Crippen molar-refractivity contribution in [2.45, 2.75) is 13.0 Å². The minimum absolute atomic E-state index is 0.0365. The summed E-state index contributed by atoms with van der Waals surface area (Å²) in [7, 11) is 2.11. The van der Waals surface area contributed by atoms with Gasteiger partial charge in [-0.15, -0.1) is 0 Å². The normalized spacial score (nSPS) is 13.6. The zero-order valence-corrected chi connectivity index (χ0v) is 7.25. The Labute approximate surface area is 59.1 Å². The Morgan fingerprint density at radius 1 is 2.00 bits per heavy atom. The molecule has 0 amide bonds. The van der Waals surface area contributed by atoms with E-state index in [1.807, 2.05) is 29.8 Å². The van der Waals surface area contributed by atoms with Gasteiger partial charge in [0.05, 0.1) is 6.04 Å². The van der Waals surface area contributed by atoms with Crippen LogP contribution in [0.4, 0.5) is 0 Å². The van der Waals surface area contributed by atoms with Crippen molar-refractivity contribution in [2.75, 3.05) is 0 Å². The predicted molar refractivity (Wildman–Crippen MR) is 41.3 cm³/mol. The maximum atomic E-state index is 10.3. The van der Waals surface area contributed by atoms with E-state index < -0.39 is 0 Å². The van der Waals surface area contributed by atoms with E-state index in [2.05, 4.69) is 12.8 Å². The molecule has 0 saturated heterocycles. The fourth-order valence-corrected chi connectivity index (χ4v) is 0.783. The summed E-state index contributed by atoms with van der Waals surface area (Å²) in [6.45, 7) is 1.81. The van der Waals surface area contributed by atoms with Crippen molar-refractivity contribution >= 4 is 37.6 Å². The summed E-state index contributed by atoms with van der Waals surface area (Å²) in [6.07, 6.45) is 0. The number of halogens is 1. The van der Waals surface area contributed by atoms with Gasteiger partial charge in [-0.25, -0.2) is 0 Å². The van der Waals surface area contributed by atoms with Crippen molar-refractivity contribution in [1.29, 1.82) is 0 Å². The second kappa shape index (κ2) is 3.75. The molecule has 0 aliphatic rings. The Kier molecular flexibility index (Phi) is 4.17. The Morgan fingerprint density at radius 3 is 2.43 bits per heavy atom. The summed E-state index contributed by atoms with van der Waals surface area (Å²) in [5.74, 6) is 0. The molecule has 0 fully saturated rings. The number of carbonyl (C=O) groups excluding carboxylic acids is 1. The van der Waals surface area contributed by atoms with E-state index in [9.17, 15) is 4.79 Å². The molecule has 0 heterocycles. The quantitative estimate of drug-likeness (QED) is 0.431. The number of hydrogen-bond donors (Lipinski definition) is 1. The number of nitrogens with one attached hydrogen (secondary N) is 1. The Bertz CT molecular complexity index is 77.3. The molecule has 0 aromatic rings. The highest BCUT2D eigenvalue weighted by Crippen LogP contribution is 1.93. The van der Waals surface area contributed by atoms with Crippen LogP contribution in [0.15, 0.2) is 0 Å². The predicted octanol–water partition coefficient (Wildman–Crippen LogP) is 0.716. The van der Waals surface area contributed by atoms with Crippen LogP contribution in [0.5, 0.6) is 0 Å². The molecular weight excluding hydrogens is 224 g/mol. The van der Waals surface area contributed by atoms with Crippen molar-refractivity contribution in [3.05, 3.63) is 0 Å². The third kappa shape index (κ3) is 3.38. The van der Waals surface area contributed by atoms with Crippen LogP contribution in [0, 0.1) is 0 Å². The van der Waals surface area contributed by atoms with Gasteiger partial charge in [0.1, 0.15) is 0 Å². The van der Waals surface area contributed by atoms with Crippen LogP contribution in [0.1, 0.15) is 6.92 Å².